The monoisotopic (exact) mass is 242 g/mol. The highest BCUT2D eigenvalue weighted by Gasteiger charge is 2.07. The second kappa shape index (κ2) is 5.04. The second-order valence-electron chi connectivity index (χ2n) is 4.51. The Balaban J connectivity index is 2.18. The maximum absolute atomic E-state index is 5.78. The molecule has 4 heteroatoms. The van der Waals surface area contributed by atoms with Crippen molar-refractivity contribution in [2.45, 2.75) is 26.8 Å². The molecule has 94 valence electrons. The van der Waals surface area contributed by atoms with Gasteiger partial charge >= 0.3 is 0 Å². The van der Waals surface area contributed by atoms with Gasteiger partial charge < -0.3 is 11.1 Å². The molecule has 0 fully saturated rings. The summed E-state index contributed by atoms with van der Waals surface area (Å²) >= 11 is 0. The van der Waals surface area contributed by atoms with Crippen molar-refractivity contribution in [3.8, 4) is 0 Å². The SMILES string of the molecule is Cc1cc(C)nc(NC(C)c2cccc(N)c2)n1. The highest BCUT2D eigenvalue weighted by atomic mass is 15.1. The topological polar surface area (TPSA) is 63.8 Å². The minimum absolute atomic E-state index is 0.120. The molecule has 0 radical (unpaired) electrons. The first-order valence-electron chi connectivity index (χ1n) is 5.99. The molecule has 1 unspecified atom stereocenters. The summed E-state index contributed by atoms with van der Waals surface area (Å²) in [6, 6.07) is 9.90. The van der Waals surface area contributed by atoms with Crippen molar-refractivity contribution in [3.63, 3.8) is 0 Å². The molecule has 0 aliphatic heterocycles. The van der Waals surface area contributed by atoms with Crippen molar-refractivity contribution >= 4 is 11.6 Å². The molecule has 1 aromatic carbocycles. The fraction of sp³-hybridized carbons (Fsp3) is 0.286. The van der Waals surface area contributed by atoms with Crippen LogP contribution in [0, 0.1) is 13.8 Å². The Hall–Kier alpha value is -2.10. The van der Waals surface area contributed by atoms with Crippen molar-refractivity contribution in [1.29, 1.82) is 0 Å². The van der Waals surface area contributed by atoms with Gasteiger partial charge in [0.05, 0.1) is 6.04 Å². The number of benzene rings is 1. The van der Waals surface area contributed by atoms with Crippen LogP contribution in [0.1, 0.15) is 29.9 Å². The normalized spacial score (nSPS) is 12.2. The van der Waals surface area contributed by atoms with Crippen LogP contribution in [0.5, 0.6) is 0 Å². The van der Waals surface area contributed by atoms with Gasteiger partial charge in [0.2, 0.25) is 5.95 Å². The van der Waals surface area contributed by atoms with E-state index in [1.54, 1.807) is 0 Å². The molecule has 0 amide bonds. The summed E-state index contributed by atoms with van der Waals surface area (Å²) in [5.74, 6) is 0.655. The van der Waals surface area contributed by atoms with Gasteiger partial charge in [0, 0.05) is 17.1 Å². The van der Waals surface area contributed by atoms with Crippen molar-refractivity contribution in [2.24, 2.45) is 0 Å². The Morgan fingerprint density at radius 3 is 2.39 bits per heavy atom. The maximum Gasteiger partial charge on any atom is 0.223 e. The lowest BCUT2D eigenvalue weighted by molar-refractivity contribution is 0.853. The van der Waals surface area contributed by atoms with Crippen LogP contribution >= 0.6 is 0 Å². The van der Waals surface area contributed by atoms with E-state index in [0.717, 1.165) is 22.6 Å². The summed E-state index contributed by atoms with van der Waals surface area (Å²) in [6.45, 7) is 5.99. The fourth-order valence-electron chi connectivity index (χ4n) is 1.90. The quantitative estimate of drug-likeness (QED) is 0.812. The van der Waals surface area contributed by atoms with E-state index in [2.05, 4.69) is 22.2 Å². The summed E-state index contributed by atoms with van der Waals surface area (Å²) in [4.78, 5) is 8.74. The van der Waals surface area contributed by atoms with Crippen LogP contribution in [0.3, 0.4) is 0 Å². The molecule has 2 aromatic rings. The largest absolute Gasteiger partial charge is 0.399 e. The molecule has 18 heavy (non-hydrogen) atoms. The Labute approximate surface area is 107 Å². The summed E-state index contributed by atoms with van der Waals surface area (Å²) < 4.78 is 0. The number of aromatic nitrogens is 2. The number of hydrogen-bond acceptors (Lipinski definition) is 4. The van der Waals surface area contributed by atoms with Gasteiger partial charge in [-0.3, -0.25) is 0 Å². The van der Waals surface area contributed by atoms with Crippen LogP contribution in [0.15, 0.2) is 30.3 Å². The summed E-state index contributed by atoms with van der Waals surface area (Å²) in [6.07, 6.45) is 0. The van der Waals surface area contributed by atoms with Gasteiger partial charge in [-0.1, -0.05) is 12.1 Å². The van der Waals surface area contributed by atoms with E-state index in [1.807, 2.05) is 44.2 Å². The Bertz CT molecular complexity index is 531. The van der Waals surface area contributed by atoms with Crippen molar-refractivity contribution in [3.05, 3.63) is 47.3 Å². The molecule has 3 N–H and O–H groups in total. The predicted octanol–water partition coefficient (Wildman–Crippen LogP) is 2.85. The third kappa shape index (κ3) is 2.97. The first-order valence-corrected chi connectivity index (χ1v) is 5.99. The first-order chi connectivity index (χ1) is 8.54. The molecule has 1 heterocycles. The zero-order chi connectivity index (χ0) is 13.1. The first kappa shape index (κ1) is 12.4. The molecule has 1 atom stereocenters. The van der Waals surface area contributed by atoms with Gasteiger partial charge in [0.1, 0.15) is 0 Å². The third-order valence-corrected chi connectivity index (χ3v) is 2.74. The lowest BCUT2D eigenvalue weighted by atomic mass is 10.1. The smallest absolute Gasteiger partial charge is 0.223 e. The average Bonchev–Trinajstić information content (AvgIpc) is 2.27. The lowest BCUT2D eigenvalue weighted by Gasteiger charge is -2.15. The molecule has 0 bridgehead atoms. The van der Waals surface area contributed by atoms with Crippen LogP contribution < -0.4 is 11.1 Å². The van der Waals surface area contributed by atoms with Gasteiger partial charge in [-0.2, -0.15) is 0 Å². The standard InChI is InChI=1S/C14H18N4/c1-9-7-10(2)17-14(16-9)18-11(3)12-5-4-6-13(15)8-12/h4-8,11H,15H2,1-3H3,(H,16,17,18). The van der Waals surface area contributed by atoms with E-state index in [9.17, 15) is 0 Å². The van der Waals surface area contributed by atoms with Crippen LogP contribution in [0.4, 0.5) is 11.6 Å². The average molecular weight is 242 g/mol. The van der Waals surface area contributed by atoms with E-state index >= 15 is 0 Å². The number of rotatable bonds is 3. The van der Waals surface area contributed by atoms with Crippen molar-refractivity contribution < 1.29 is 0 Å². The minimum Gasteiger partial charge on any atom is -0.399 e. The maximum atomic E-state index is 5.78. The van der Waals surface area contributed by atoms with E-state index in [4.69, 9.17) is 5.73 Å². The van der Waals surface area contributed by atoms with Crippen LogP contribution in [0.25, 0.3) is 0 Å². The lowest BCUT2D eigenvalue weighted by Crippen LogP contribution is -2.10. The molecule has 1 aromatic heterocycles. The van der Waals surface area contributed by atoms with E-state index in [0.29, 0.717) is 5.95 Å². The van der Waals surface area contributed by atoms with E-state index < -0.39 is 0 Å². The summed E-state index contributed by atoms with van der Waals surface area (Å²) in [5, 5.41) is 3.29. The molecule has 0 saturated heterocycles. The zero-order valence-electron chi connectivity index (χ0n) is 10.9. The fourth-order valence-corrected chi connectivity index (χ4v) is 1.90. The Morgan fingerprint density at radius 2 is 1.78 bits per heavy atom. The molecule has 0 aliphatic carbocycles. The van der Waals surface area contributed by atoms with E-state index in [1.165, 1.54) is 0 Å². The minimum atomic E-state index is 0.120. The number of nitrogens with one attached hydrogen (secondary N) is 1. The zero-order valence-corrected chi connectivity index (χ0v) is 10.9. The predicted molar refractivity (Wildman–Crippen MR) is 74.4 cm³/mol. The molecule has 0 aliphatic rings. The number of aryl methyl sites for hydroxylation is 2. The number of anilines is 2. The van der Waals surface area contributed by atoms with Crippen LogP contribution in [-0.2, 0) is 0 Å². The molecule has 4 nitrogen and oxygen atoms in total. The van der Waals surface area contributed by atoms with Crippen molar-refractivity contribution in [2.75, 3.05) is 11.1 Å². The van der Waals surface area contributed by atoms with E-state index in [-0.39, 0.29) is 6.04 Å². The van der Waals surface area contributed by atoms with Gasteiger partial charge in [0.15, 0.2) is 0 Å². The number of nitrogens with two attached hydrogens (primary N) is 1. The second-order valence-corrected chi connectivity index (χ2v) is 4.51. The van der Waals surface area contributed by atoms with Gasteiger partial charge in [-0.25, -0.2) is 9.97 Å². The molecule has 0 saturated carbocycles. The third-order valence-electron chi connectivity index (χ3n) is 2.74. The number of nitrogen functional groups attached to an aromatic ring is 1. The Kier molecular flexibility index (Phi) is 3.46. The molecular formula is C14H18N4. The summed E-state index contributed by atoms with van der Waals surface area (Å²) in [5.41, 5.74) is 9.59. The summed E-state index contributed by atoms with van der Waals surface area (Å²) in [7, 11) is 0. The molecular weight excluding hydrogens is 224 g/mol. The van der Waals surface area contributed by atoms with Crippen LogP contribution in [0.2, 0.25) is 0 Å². The van der Waals surface area contributed by atoms with Gasteiger partial charge in [0.25, 0.3) is 0 Å². The van der Waals surface area contributed by atoms with Gasteiger partial charge in [-0.15, -0.1) is 0 Å². The highest BCUT2D eigenvalue weighted by molar-refractivity contribution is 5.43. The van der Waals surface area contributed by atoms with Gasteiger partial charge in [-0.05, 0) is 44.5 Å². The number of hydrogen-bond donors (Lipinski definition) is 2. The van der Waals surface area contributed by atoms with Crippen LogP contribution in [-0.4, -0.2) is 9.97 Å². The Morgan fingerprint density at radius 1 is 1.11 bits per heavy atom. The molecule has 2 rings (SSSR count). The molecule has 0 spiro atoms. The number of nitrogens with zero attached hydrogens (tertiary/aromatic N) is 2. The van der Waals surface area contributed by atoms with Crippen molar-refractivity contribution in [1.82, 2.24) is 9.97 Å². The highest BCUT2D eigenvalue weighted by Crippen LogP contribution is 2.19.